The highest BCUT2D eigenvalue weighted by atomic mass is 32.2. The molecule has 30 heavy (non-hydrogen) atoms. The molecule has 1 aromatic carbocycles. The number of rotatable bonds is 5. The van der Waals surface area contributed by atoms with Gasteiger partial charge in [-0.15, -0.1) is 11.3 Å². The van der Waals surface area contributed by atoms with Gasteiger partial charge in [0.2, 0.25) is 11.8 Å². The number of amides is 2. The Labute approximate surface area is 183 Å². The fourth-order valence-corrected chi connectivity index (χ4v) is 6.01. The van der Waals surface area contributed by atoms with Gasteiger partial charge in [-0.3, -0.25) is 9.59 Å². The van der Waals surface area contributed by atoms with Crippen LogP contribution in [0.4, 0.5) is 11.4 Å². The van der Waals surface area contributed by atoms with E-state index in [4.69, 9.17) is 0 Å². The molecule has 2 amide bonds. The Morgan fingerprint density at radius 1 is 1.07 bits per heavy atom. The lowest BCUT2D eigenvalue weighted by Crippen LogP contribution is -2.22. The molecule has 8 heteroatoms. The number of carbonyl (C=O) groups is 2. The average Bonchev–Trinajstić information content (AvgIpc) is 3.07. The molecule has 1 atom stereocenters. The van der Waals surface area contributed by atoms with Crippen molar-refractivity contribution in [3.63, 3.8) is 0 Å². The largest absolute Gasteiger partial charge is 0.326 e. The summed E-state index contributed by atoms with van der Waals surface area (Å²) in [4.78, 5) is 35.7. The molecule has 1 aliphatic carbocycles. The Morgan fingerprint density at radius 3 is 2.43 bits per heavy atom. The van der Waals surface area contributed by atoms with Gasteiger partial charge in [0.1, 0.15) is 15.7 Å². The van der Waals surface area contributed by atoms with E-state index in [-0.39, 0.29) is 17.1 Å². The van der Waals surface area contributed by atoms with Crippen LogP contribution >= 0.6 is 23.1 Å². The molecule has 2 heterocycles. The van der Waals surface area contributed by atoms with Gasteiger partial charge in [-0.25, -0.2) is 9.97 Å². The van der Waals surface area contributed by atoms with Crippen molar-refractivity contribution in [2.45, 2.75) is 56.7 Å². The predicted octanol–water partition coefficient (Wildman–Crippen LogP) is 4.96. The number of aryl methyl sites for hydroxylation is 3. The maximum atomic E-state index is 12.8. The number of carbonyl (C=O) groups excluding carboxylic acids is 2. The summed E-state index contributed by atoms with van der Waals surface area (Å²) < 4.78 is 0. The highest BCUT2D eigenvalue weighted by Gasteiger charge is 2.23. The van der Waals surface area contributed by atoms with Crippen molar-refractivity contribution in [3.8, 4) is 0 Å². The van der Waals surface area contributed by atoms with E-state index < -0.39 is 0 Å². The van der Waals surface area contributed by atoms with Gasteiger partial charge in [0.05, 0.1) is 5.25 Å². The minimum absolute atomic E-state index is 0.0826. The van der Waals surface area contributed by atoms with Crippen molar-refractivity contribution in [1.82, 2.24) is 9.97 Å². The minimum atomic E-state index is -0.309. The van der Waals surface area contributed by atoms with E-state index in [9.17, 15) is 9.59 Å². The van der Waals surface area contributed by atoms with Gasteiger partial charge < -0.3 is 10.6 Å². The van der Waals surface area contributed by atoms with Crippen LogP contribution in [-0.4, -0.2) is 27.0 Å². The summed E-state index contributed by atoms with van der Waals surface area (Å²) in [5.41, 5.74) is 2.77. The van der Waals surface area contributed by atoms with Crippen LogP contribution in [0.5, 0.6) is 0 Å². The predicted molar refractivity (Wildman–Crippen MR) is 123 cm³/mol. The van der Waals surface area contributed by atoms with Crippen LogP contribution in [-0.2, 0) is 22.4 Å². The normalized spacial score (nSPS) is 14.2. The van der Waals surface area contributed by atoms with Crippen molar-refractivity contribution in [3.05, 3.63) is 40.5 Å². The van der Waals surface area contributed by atoms with E-state index >= 15 is 0 Å². The molecule has 0 radical (unpaired) electrons. The summed E-state index contributed by atoms with van der Waals surface area (Å²) >= 11 is 3.27. The number of fused-ring (bicyclic) bond motifs is 3. The second kappa shape index (κ2) is 8.73. The molecule has 0 saturated heterocycles. The monoisotopic (exact) mass is 440 g/mol. The molecule has 6 nitrogen and oxygen atoms in total. The molecule has 0 spiro atoms. The Morgan fingerprint density at radius 2 is 1.73 bits per heavy atom. The zero-order chi connectivity index (χ0) is 21.3. The zero-order valence-corrected chi connectivity index (χ0v) is 18.9. The first-order valence-corrected chi connectivity index (χ1v) is 11.7. The van der Waals surface area contributed by atoms with E-state index in [1.807, 2.05) is 13.8 Å². The Bertz CT molecular complexity index is 1110. The smallest absolute Gasteiger partial charge is 0.237 e. The number of thioether (sulfide) groups is 1. The lowest BCUT2D eigenvalue weighted by molar-refractivity contribution is -0.115. The summed E-state index contributed by atoms with van der Waals surface area (Å²) in [6, 6.07) is 7.10. The van der Waals surface area contributed by atoms with Crippen molar-refractivity contribution in [2.75, 3.05) is 10.6 Å². The summed E-state index contributed by atoms with van der Waals surface area (Å²) in [5, 5.41) is 7.40. The highest BCUT2D eigenvalue weighted by Crippen LogP contribution is 2.40. The minimum Gasteiger partial charge on any atom is -0.326 e. The highest BCUT2D eigenvalue weighted by molar-refractivity contribution is 8.00. The van der Waals surface area contributed by atoms with Gasteiger partial charge in [-0.1, -0.05) is 11.8 Å². The second-order valence-corrected chi connectivity index (χ2v) is 9.89. The van der Waals surface area contributed by atoms with Crippen molar-refractivity contribution in [1.29, 1.82) is 0 Å². The first-order valence-electron chi connectivity index (χ1n) is 10.0. The number of benzene rings is 1. The van der Waals surface area contributed by atoms with Crippen LogP contribution in [0.2, 0.25) is 0 Å². The second-order valence-electron chi connectivity index (χ2n) is 7.47. The number of anilines is 2. The van der Waals surface area contributed by atoms with Gasteiger partial charge in [0.25, 0.3) is 0 Å². The molecular weight excluding hydrogens is 416 g/mol. The maximum absolute atomic E-state index is 12.8. The molecule has 3 aromatic rings. The molecule has 2 N–H and O–H groups in total. The molecular formula is C22H24N4O2S2. The van der Waals surface area contributed by atoms with Gasteiger partial charge in [-0.2, -0.15) is 0 Å². The van der Waals surface area contributed by atoms with Gasteiger partial charge in [0, 0.05) is 28.6 Å². The number of thiophene rings is 1. The molecule has 0 aliphatic heterocycles. The lowest BCUT2D eigenvalue weighted by Gasteiger charge is -2.15. The first kappa shape index (κ1) is 20.8. The third-order valence-electron chi connectivity index (χ3n) is 5.02. The molecule has 0 saturated carbocycles. The quantitative estimate of drug-likeness (QED) is 0.433. The summed E-state index contributed by atoms with van der Waals surface area (Å²) in [6.07, 6.45) is 4.61. The van der Waals surface area contributed by atoms with E-state index in [1.54, 1.807) is 35.6 Å². The Balaban J connectivity index is 1.51. The van der Waals surface area contributed by atoms with Gasteiger partial charge >= 0.3 is 0 Å². The van der Waals surface area contributed by atoms with E-state index in [1.165, 1.54) is 42.0 Å². The van der Waals surface area contributed by atoms with E-state index in [0.717, 1.165) is 33.9 Å². The SMILES string of the molecule is CC(=O)Nc1ccc(NC(=O)[C@H](C)Sc2nc(C)nc3sc4c(c23)CCCC4)cc1. The van der Waals surface area contributed by atoms with E-state index in [2.05, 4.69) is 20.6 Å². The fourth-order valence-electron chi connectivity index (χ4n) is 3.62. The number of hydrogen-bond acceptors (Lipinski definition) is 6. The number of nitrogens with one attached hydrogen (secondary N) is 2. The molecule has 1 aliphatic rings. The van der Waals surface area contributed by atoms with Crippen LogP contribution in [0.1, 0.15) is 43.0 Å². The average molecular weight is 441 g/mol. The number of hydrogen-bond donors (Lipinski definition) is 2. The zero-order valence-electron chi connectivity index (χ0n) is 17.2. The standard InChI is InChI=1S/C22H24N4O2S2/c1-12(20(28)26-16-10-8-15(9-11-16)25-14(3)27)29-21-19-17-6-4-5-7-18(17)30-22(19)24-13(2)23-21/h8-12H,4-7H2,1-3H3,(H,25,27)(H,26,28)/t12-/m0/s1. The topological polar surface area (TPSA) is 84.0 Å². The Kier molecular flexibility index (Phi) is 6.06. The molecule has 0 bridgehead atoms. The Hall–Kier alpha value is -2.45. The van der Waals surface area contributed by atoms with Crippen LogP contribution < -0.4 is 10.6 Å². The number of nitrogens with zero attached hydrogens (tertiary/aromatic N) is 2. The van der Waals surface area contributed by atoms with E-state index in [0.29, 0.717) is 11.4 Å². The maximum Gasteiger partial charge on any atom is 0.237 e. The van der Waals surface area contributed by atoms with Crippen molar-refractivity contribution >= 4 is 56.5 Å². The first-order chi connectivity index (χ1) is 14.4. The van der Waals surface area contributed by atoms with Gasteiger partial charge in [-0.05, 0) is 69.4 Å². The number of aromatic nitrogens is 2. The van der Waals surface area contributed by atoms with Gasteiger partial charge in [0.15, 0.2) is 0 Å². The third kappa shape index (κ3) is 4.49. The van der Waals surface area contributed by atoms with Crippen LogP contribution in [0, 0.1) is 6.92 Å². The lowest BCUT2D eigenvalue weighted by atomic mass is 9.97. The summed E-state index contributed by atoms with van der Waals surface area (Å²) in [5.74, 6) is 0.532. The molecule has 2 aromatic heterocycles. The summed E-state index contributed by atoms with van der Waals surface area (Å²) in [7, 11) is 0. The molecule has 0 unspecified atom stereocenters. The van der Waals surface area contributed by atoms with Crippen LogP contribution in [0.25, 0.3) is 10.2 Å². The van der Waals surface area contributed by atoms with Crippen molar-refractivity contribution < 1.29 is 9.59 Å². The third-order valence-corrected chi connectivity index (χ3v) is 7.30. The van der Waals surface area contributed by atoms with Crippen LogP contribution in [0.3, 0.4) is 0 Å². The fraction of sp³-hybridized carbons (Fsp3) is 0.364. The molecule has 156 valence electrons. The van der Waals surface area contributed by atoms with Crippen molar-refractivity contribution in [2.24, 2.45) is 0 Å². The molecule has 0 fully saturated rings. The molecule has 4 rings (SSSR count). The van der Waals surface area contributed by atoms with Crippen LogP contribution in [0.15, 0.2) is 29.3 Å². The summed E-state index contributed by atoms with van der Waals surface area (Å²) in [6.45, 7) is 5.27.